The summed E-state index contributed by atoms with van der Waals surface area (Å²) in [5.41, 5.74) is 1.25. The zero-order chi connectivity index (χ0) is 17.7. The van der Waals surface area contributed by atoms with Crippen LogP contribution in [-0.2, 0) is 4.74 Å². The van der Waals surface area contributed by atoms with E-state index in [0.717, 1.165) is 0 Å². The lowest BCUT2D eigenvalue weighted by atomic mass is 10.1. The highest BCUT2D eigenvalue weighted by atomic mass is 35.5. The van der Waals surface area contributed by atoms with Gasteiger partial charge >= 0.3 is 5.97 Å². The third kappa shape index (κ3) is 4.92. The molecule has 0 aliphatic carbocycles. The van der Waals surface area contributed by atoms with Crippen molar-refractivity contribution in [1.29, 1.82) is 0 Å². The van der Waals surface area contributed by atoms with Crippen LogP contribution in [0.1, 0.15) is 20.7 Å². The molecule has 8 heteroatoms. The summed E-state index contributed by atoms with van der Waals surface area (Å²) in [5.74, 6) is -0.894. The molecule has 2 aromatic carbocycles. The molecule has 0 saturated heterocycles. The van der Waals surface area contributed by atoms with Crippen LogP contribution < -0.4 is 10.6 Å². The molecule has 0 aliphatic rings. The largest absolute Gasteiger partial charge is 0.465 e. The molecule has 0 aromatic heterocycles. The molecular formula is C16H12Cl2N2O3S. The Morgan fingerprint density at radius 1 is 1.00 bits per heavy atom. The summed E-state index contributed by atoms with van der Waals surface area (Å²) in [7, 11) is 1.29. The maximum absolute atomic E-state index is 12.1. The maximum atomic E-state index is 12.1. The van der Waals surface area contributed by atoms with Gasteiger partial charge in [-0.2, -0.15) is 0 Å². The number of esters is 1. The van der Waals surface area contributed by atoms with E-state index in [1.807, 2.05) is 0 Å². The van der Waals surface area contributed by atoms with Crippen LogP contribution in [0.25, 0.3) is 0 Å². The molecule has 2 aromatic rings. The molecule has 1 amide bonds. The molecule has 124 valence electrons. The average molecular weight is 383 g/mol. The first-order valence-corrected chi connectivity index (χ1v) is 7.82. The fourth-order valence-electron chi connectivity index (χ4n) is 1.84. The number of thiocarbonyl (C=S) groups is 1. The minimum absolute atomic E-state index is 0.0929. The fourth-order valence-corrected chi connectivity index (χ4v) is 2.58. The number of methoxy groups -OCH3 is 1. The van der Waals surface area contributed by atoms with Gasteiger partial charge in [0, 0.05) is 21.3 Å². The first kappa shape index (κ1) is 18.2. The first-order valence-electron chi connectivity index (χ1n) is 6.66. The van der Waals surface area contributed by atoms with Gasteiger partial charge in [0.2, 0.25) is 0 Å². The van der Waals surface area contributed by atoms with Crippen LogP contribution >= 0.6 is 35.4 Å². The highest BCUT2D eigenvalue weighted by Crippen LogP contribution is 2.22. The Hall–Kier alpha value is -2.15. The van der Waals surface area contributed by atoms with E-state index < -0.39 is 11.9 Å². The van der Waals surface area contributed by atoms with Gasteiger partial charge in [-0.15, -0.1) is 0 Å². The third-order valence-corrected chi connectivity index (χ3v) is 3.56. The monoisotopic (exact) mass is 382 g/mol. The van der Waals surface area contributed by atoms with Crippen molar-refractivity contribution in [2.24, 2.45) is 0 Å². The molecule has 0 bridgehead atoms. The quantitative estimate of drug-likeness (QED) is 0.622. The number of ether oxygens (including phenoxy) is 1. The van der Waals surface area contributed by atoms with Crippen LogP contribution in [0.3, 0.4) is 0 Å². The molecule has 0 saturated carbocycles. The Labute approximate surface area is 153 Å². The van der Waals surface area contributed by atoms with Gasteiger partial charge in [-0.1, -0.05) is 23.2 Å². The van der Waals surface area contributed by atoms with Crippen molar-refractivity contribution in [3.8, 4) is 0 Å². The highest BCUT2D eigenvalue weighted by molar-refractivity contribution is 7.80. The normalized spacial score (nSPS) is 9.96. The molecule has 0 radical (unpaired) electrons. The van der Waals surface area contributed by atoms with Gasteiger partial charge in [0.1, 0.15) is 0 Å². The van der Waals surface area contributed by atoms with Crippen LogP contribution in [0.5, 0.6) is 0 Å². The van der Waals surface area contributed by atoms with Gasteiger partial charge in [-0.25, -0.2) is 4.79 Å². The molecule has 5 nitrogen and oxygen atoms in total. The number of carbonyl (C=O) groups excluding carboxylic acids is 2. The van der Waals surface area contributed by atoms with E-state index >= 15 is 0 Å². The minimum Gasteiger partial charge on any atom is -0.465 e. The standard InChI is InChI=1S/C16H12Cl2N2O3S/c1-23-15(22)10-4-2-9(3-5-10)14(21)20-16(24)19-13-7-11(17)6-12(18)8-13/h2-8H,1H3,(H2,19,20,21,24). The van der Waals surface area contributed by atoms with Crippen molar-refractivity contribution in [2.75, 3.05) is 12.4 Å². The lowest BCUT2D eigenvalue weighted by molar-refractivity contribution is 0.0600. The molecule has 0 fully saturated rings. The van der Waals surface area contributed by atoms with Crippen molar-refractivity contribution < 1.29 is 14.3 Å². The number of carbonyl (C=O) groups is 2. The topological polar surface area (TPSA) is 67.4 Å². The van der Waals surface area contributed by atoms with E-state index in [1.54, 1.807) is 18.2 Å². The Morgan fingerprint density at radius 2 is 1.54 bits per heavy atom. The molecule has 2 rings (SSSR count). The predicted octanol–water partition coefficient (Wildman–Crippen LogP) is 3.91. The SMILES string of the molecule is COC(=O)c1ccc(C(=O)NC(=S)Nc2cc(Cl)cc(Cl)c2)cc1. The second-order valence-electron chi connectivity index (χ2n) is 4.64. The number of benzene rings is 2. The van der Waals surface area contributed by atoms with E-state index in [1.165, 1.54) is 31.4 Å². The number of hydrogen-bond acceptors (Lipinski definition) is 4. The van der Waals surface area contributed by atoms with Crippen molar-refractivity contribution in [3.05, 3.63) is 63.6 Å². The van der Waals surface area contributed by atoms with Crippen molar-refractivity contribution in [1.82, 2.24) is 5.32 Å². The molecule has 0 atom stereocenters. The summed E-state index contributed by atoms with van der Waals surface area (Å²) in [6, 6.07) is 10.8. The van der Waals surface area contributed by atoms with Crippen molar-refractivity contribution in [3.63, 3.8) is 0 Å². The van der Waals surface area contributed by atoms with Gasteiger partial charge in [-0.3, -0.25) is 10.1 Å². The summed E-state index contributed by atoms with van der Waals surface area (Å²) < 4.78 is 4.59. The third-order valence-electron chi connectivity index (χ3n) is 2.92. The number of amides is 1. The summed E-state index contributed by atoms with van der Waals surface area (Å²) in [5, 5.41) is 6.32. The van der Waals surface area contributed by atoms with E-state index in [4.69, 9.17) is 35.4 Å². The highest BCUT2D eigenvalue weighted by Gasteiger charge is 2.10. The van der Waals surface area contributed by atoms with E-state index in [-0.39, 0.29) is 5.11 Å². The molecule has 0 aliphatic heterocycles. The Kier molecular flexibility index (Phi) is 6.14. The number of anilines is 1. The van der Waals surface area contributed by atoms with Crippen molar-refractivity contribution in [2.45, 2.75) is 0 Å². The summed E-state index contributed by atoms with van der Waals surface area (Å²) in [6.07, 6.45) is 0. The molecular weight excluding hydrogens is 371 g/mol. The minimum atomic E-state index is -0.475. The summed E-state index contributed by atoms with van der Waals surface area (Å²) in [4.78, 5) is 23.5. The molecule has 2 N–H and O–H groups in total. The smallest absolute Gasteiger partial charge is 0.337 e. The molecule has 0 spiro atoms. The molecule has 24 heavy (non-hydrogen) atoms. The lowest BCUT2D eigenvalue weighted by Gasteiger charge is -2.10. The zero-order valence-electron chi connectivity index (χ0n) is 12.4. The van der Waals surface area contributed by atoms with Gasteiger partial charge in [0.05, 0.1) is 12.7 Å². The van der Waals surface area contributed by atoms with Crippen LogP contribution in [0.15, 0.2) is 42.5 Å². The number of halogens is 2. The second kappa shape index (κ2) is 8.10. The Balaban J connectivity index is 2.00. The molecule has 0 heterocycles. The van der Waals surface area contributed by atoms with Crippen LogP contribution in [0.4, 0.5) is 5.69 Å². The van der Waals surface area contributed by atoms with Crippen LogP contribution in [0.2, 0.25) is 10.0 Å². The van der Waals surface area contributed by atoms with Gasteiger partial charge in [0.25, 0.3) is 5.91 Å². The number of rotatable bonds is 3. The fraction of sp³-hybridized carbons (Fsp3) is 0.0625. The van der Waals surface area contributed by atoms with Crippen molar-refractivity contribution >= 4 is 58.1 Å². The first-order chi connectivity index (χ1) is 11.4. The van der Waals surface area contributed by atoms with Crippen LogP contribution in [0, 0.1) is 0 Å². The van der Waals surface area contributed by atoms with E-state index in [9.17, 15) is 9.59 Å². The van der Waals surface area contributed by atoms with Gasteiger partial charge in [-0.05, 0) is 54.7 Å². The Morgan fingerprint density at radius 3 is 2.08 bits per heavy atom. The summed E-state index contributed by atoms with van der Waals surface area (Å²) in [6.45, 7) is 0. The summed E-state index contributed by atoms with van der Waals surface area (Å²) >= 11 is 16.9. The van der Waals surface area contributed by atoms with E-state index in [0.29, 0.717) is 26.9 Å². The van der Waals surface area contributed by atoms with E-state index in [2.05, 4.69) is 15.4 Å². The Bertz CT molecular complexity index is 774. The number of hydrogen-bond donors (Lipinski definition) is 2. The predicted molar refractivity (Wildman–Crippen MR) is 97.9 cm³/mol. The zero-order valence-corrected chi connectivity index (χ0v) is 14.8. The average Bonchev–Trinajstić information content (AvgIpc) is 2.53. The van der Waals surface area contributed by atoms with Crippen LogP contribution in [-0.4, -0.2) is 24.1 Å². The lowest BCUT2D eigenvalue weighted by Crippen LogP contribution is -2.34. The maximum Gasteiger partial charge on any atom is 0.337 e. The van der Waals surface area contributed by atoms with Gasteiger partial charge < -0.3 is 10.1 Å². The number of nitrogens with one attached hydrogen (secondary N) is 2. The second-order valence-corrected chi connectivity index (χ2v) is 5.92. The molecule has 0 unspecified atom stereocenters. The van der Waals surface area contributed by atoms with Gasteiger partial charge in [0.15, 0.2) is 5.11 Å².